The Hall–Kier alpha value is -3.24. The summed E-state index contributed by atoms with van der Waals surface area (Å²) in [5.74, 6) is 1.69. The van der Waals surface area contributed by atoms with Gasteiger partial charge in [0.05, 0.1) is 0 Å². The second-order valence-corrected chi connectivity index (χ2v) is 11.5. The van der Waals surface area contributed by atoms with E-state index in [0.717, 1.165) is 50.1 Å². The first kappa shape index (κ1) is 24.9. The lowest BCUT2D eigenvalue weighted by Gasteiger charge is -2.48. The lowest BCUT2D eigenvalue weighted by atomic mass is 9.69. The van der Waals surface area contributed by atoms with Gasteiger partial charge in [-0.05, 0) is 77.1 Å². The van der Waals surface area contributed by atoms with Gasteiger partial charge in [-0.2, -0.15) is 10.5 Å². The van der Waals surface area contributed by atoms with Crippen LogP contribution in [0.25, 0.3) is 6.08 Å². The largest absolute Gasteiger partial charge is 0.461 e. The van der Waals surface area contributed by atoms with E-state index in [4.69, 9.17) is 4.74 Å². The standard InChI is InChI=1S/C31H37N3O/c1-7-8-21(2)28-18-23(24(19-32)20-33)17-25(35-28)10-9-22-15-26-29-27(16-22)31(5,6)12-14-34(29)13-11-30(26,3)4/h9-10,15-18,21H,7-8,11-14H2,1-6H3/b10-9+. The van der Waals surface area contributed by atoms with Crippen molar-refractivity contribution in [2.24, 2.45) is 5.92 Å². The molecule has 3 heterocycles. The highest BCUT2D eigenvalue weighted by Crippen LogP contribution is 2.49. The summed E-state index contributed by atoms with van der Waals surface area (Å²) in [4.78, 5) is 2.58. The Morgan fingerprint density at radius 1 is 1.03 bits per heavy atom. The summed E-state index contributed by atoms with van der Waals surface area (Å²) in [5.41, 5.74) is 6.47. The Morgan fingerprint density at radius 3 is 2.17 bits per heavy atom. The topological polar surface area (TPSA) is 60.0 Å². The Labute approximate surface area is 210 Å². The highest BCUT2D eigenvalue weighted by molar-refractivity contribution is 5.72. The Kier molecular flexibility index (Phi) is 6.70. The number of anilines is 1. The van der Waals surface area contributed by atoms with Crippen molar-refractivity contribution in [1.29, 1.82) is 10.5 Å². The molecule has 0 saturated carbocycles. The van der Waals surface area contributed by atoms with Crippen LogP contribution in [0.2, 0.25) is 0 Å². The normalized spacial score (nSPS) is 20.7. The Morgan fingerprint density at radius 2 is 1.63 bits per heavy atom. The van der Waals surface area contributed by atoms with Crippen LogP contribution in [0, 0.1) is 28.6 Å². The number of hydrogen-bond donors (Lipinski definition) is 0. The molecule has 4 nitrogen and oxygen atoms in total. The van der Waals surface area contributed by atoms with Crippen molar-refractivity contribution in [3.63, 3.8) is 0 Å². The summed E-state index contributed by atoms with van der Waals surface area (Å²) >= 11 is 0. The molecule has 0 spiro atoms. The molecular weight excluding hydrogens is 430 g/mol. The minimum atomic E-state index is 0.113. The highest BCUT2D eigenvalue weighted by atomic mass is 16.5. The van der Waals surface area contributed by atoms with Crippen LogP contribution in [0.5, 0.6) is 0 Å². The lowest BCUT2D eigenvalue weighted by molar-refractivity contribution is 0.262. The fraction of sp³-hybridized carbons (Fsp3) is 0.484. The van der Waals surface area contributed by atoms with Crippen LogP contribution in [0.1, 0.15) is 83.9 Å². The summed E-state index contributed by atoms with van der Waals surface area (Å²) in [6, 6.07) is 8.75. The van der Waals surface area contributed by atoms with Crippen molar-refractivity contribution in [1.82, 2.24) is 0 Å². The molecule has 4 heteroatoms. The second kappa shape index (κ2) is 9.43. The van der Waals surface area contributed by atoms with Gasteiger partial charge in [0.25, 0.3) is 0 Å². The number of nitriles is 2. The molecule has 1 unspecified atom stereocenters. The molecule has 0 aliphatic carbocycles. The van der Waals surface area contributed by atoms with E-state index in [1.165, 1.54) is 16.8 Å². The van der Waals surface area contributed by atoms with Crippen LogP contribution >= 0.6 is 0 Å². The van der Waals surface area contributed by atoms with Gasteiger partial charge in [0.2, 0.25) is 0 Å². The molecule has 0 aromatic heterocycles. The van der Waals surface area contributed by atoms with Crippen molar-refractivity contribution in [3.8, 4) is 12.1 Å². The molecule has 3 aliphatic rings. The third-order valence-electron chi connectivity index (χ3n) is 7.91. The molecule has 0 amide bonds. The maximum atomic E-state index is 9.44. The highest BCUT2D eigenvalue weighted by Gasteiger charge is 2.39. The van der Waals surface area contributed by atoms with Crippen LogP contribution in [0.15, 0.2) is 53.0 Å². The number of hydrogen-bond acceptors (Lipinski definition) is 4. The number of nitrogens with zero attached hydrogens (tertiary/aromatic N) is 3. The zero-order chi connectivity index (χ0) is 25.4. The molecular formula is C31H37N3O. The predicted octanol–water partition coefficient (Wildman–Crippen LogP) is 7.45. The van der Waals surface area contributed by atoms with Gasteiger partial charge < -0.3 is 9.64 Å². The monoisotopic (exact) mass is 467 g/mol. The third-order valence-corrected chi connectivity index (χ3v) is 7.91. The van der Waals surface area contributed by atoms with Crippen LogP contribution in [-0.2, 0) is 15.6 Å². The number of ether oxygens (including phenoxy) is 1. The van der Waals surface area contributed by atoms with Gasteiger partial charge in [-0.1, -0.05) is 54.0 Å². The van der Waals surface area contributed by atoms with E-state index in [9.17, 15) is 10.5 Å². The number of rotatable bonds is 5. The van der Waals surface area contributed by atoms with Crippen LogP contribution in [-0.4, -0.2) is 13.1 Å². The van der Waals surface area contributed by atoms with Crippen molar-refractivity contribution in [3.05, 3.63) is 69.7 Å². The summed E-state index contributed by atoms with van der Waals surface area (Å²) in [5, 5.41) is 18.9. The summed E-state index contributed by atoms with van der Waals surface area (Å²) < 4.78 is 6.25. The molecule has 182 valence electrons. The molecule has 35 heavy (non-hydrogen) atoms. The molecule has 0 fully saturated rings. The molecule has 1 atom stereocenters. The van der Waals surface area contributed by atoms with Crippen LogP contribution < -0.4 is 4.90 Å². The van der Waals surface area contributed by atoms with E-state index >= 15 is 0 Å². The molecule has 0 radical (unpaired) electrons. The fourth-order valence-electron chi connectivity index (χ4n) is 5.48. The average molecular weight is 468 g/mol. The lowest BCUT2D eigenvalue weighted by Crippen LogP contribution is -2.44. The van der Waals surface area contributed by atoms with Gasteiger partial charge in [-0.25, -0.2) is 0 Å². The number of benzene rings is 1. The van der Waals surface area contributed by atoms with Crippen molar-refractivity contribution >= 4 is 11.8 Å². The average Bonchev–Trinajstić information content (AvgIpc) is 2.82. The zero-order valence-corrected chi connectivity index (χ0v) is 22.0. The third kappa shape index (κ3) is 4.81. The molecule has 1 aromatic rings. The maximum Gasteiger partial charge on any atom is 0.137 e. The van der Waals surface area contributed by atoms with Gasteiger partial charge >= 0.3 is 0 Å². The van der Waals surface area contributed by atoms with E-state index in [1.807, 2.05) is 24.3 Å². The number of allylic oxidation sites excluding steroid dienone is 6. The summed E-state index contributed by atoms with van der Waals surface area (Å²) in [6.45, 7) is 16.0. The first-order valence-corrected chi connectivity index (χ1v) is 12.9. The van der Waals surface area contributed by atoms with Crippen molar-refractivity contribution in [2.45, 2.75) is 78.1 Å². The Balaban J connectivity index is 1.75. The van der Waals surface area contributed by atoms with E-state index in [2.05, 4.69) is 64.7 Å². The van der Waals surface area contributed by atoms with Gasteiger partial charge in [0.1, 0.15) is 29.2 Å². The first-order chi connectivity index (χ1) is 16.6. The van der Waals surface area contributed by atoms with Gasteiger partial charge in [0.15, 0.2) is 0 Å². The first-order valence-electron chi connectivity index (χ1n) is 12.9. The summed E-state index contributed by atoms with van der Waals surface area (Å²) in [6.07, 6.45) is 12.1. The van der Waals surface area contributed by atoms with Crippen molar-refractivity contribution in [2.75, 3.05) is 18.0 Å². The minimum Gasteiger partial charge on any atom is -0.461 e. The summed E-state index contributed by atoms with van der Waals surface area (Å²) in [7, 11) is 0. The van der Waals surface area contributed by atoms with Crippen LogP contribution in [0.4, 0.5) is 5.69 Å². The van der Waals surface area contributed by atoms with Gasteiger partial charge in [0, 0.05) is 30.3 Å². The van der Waals surface area contributed by atoms with Crippen LogP contribution in [0.3, 0.4) is 0 Å². The molecule has 4 rings (SSSR count). The maximum absolute atomic E-state index is 9.44. The van der Waals surface area contributed by atoms with E-state index in [1.54, 1.807) is 6.08 Å². The van der Waals surface area contributed by atoms with E-state index in [0.29, 0.717) is 11.3 Å². The molecule has 1 aromatic carbocycles. The fourth-order valence-corrected chi connectivity index (χ4v) is 5.48. The molecule has 0 bridgehead atoms. The molecule has 3 aliphatic heterocycles. The minimum absolute atomic E-state index is 0.113. The van der Waals surface area contributed by atoms with Gasteiger partial charge in [-0.3, -0.25) is 0 Å². The van der Waals surface area contributed by atoms with Gasteiger partial charge in [-0.15, -0.1) is 0 Å². The predicted molar refractivity (Wildman–Crippen MR) is 143 cm³/mol. The smallest absolute Gasteiger partial charge is 0.137 e. The van der Waals surface area contributed by atoms with E-state index in [-0.39, 0.29) is 22.3 Å². The van der Waals surface area contributed by atoms with E-state index < -0.39 is 0 Å². The second-order valence-electron chi connectivity index (χ2n) is 11.5. The molecule has 0 saturated heterocycles. The molecule has 0 N–H and O–H groups in total. The Bertz CT molecular complexity index is 1170. The zero-order valence-electron chi connectivity index (χ0n) is 22.0. The SMILES string of the molecule is CCCC(C)C1=CC(=C(C#N)C#N)C=C(/C=C/c2cc3c4c(c2)C(C)(C)CCN4CCC3(C)C)O1. The quantitative estimate of drug-likeness (QED) is 0.422. The van der Waals surface area contributed by atoms with Crippen molar-refractivity contribution < 1.29 is 4.74 Å².